The van der Waals surface area contributed by atoms with Crippen molar-refractivity contribution in [3.8, 4) is 0 Å². The summed E-state index contributed by atoms with van der Waals surface area (Å²) in [7, 11) is 0. The molecule has 2 N–H and O–H groups in total. The molecule has 0 aromatic heterocycles. The average Bonchev–Trinajstić information content (AvgIpc) is 3.04. The van der Waals surface area contributed by atoms with Crippen LogP contribution >= 0.6 is 0 Å². The first-order valence-electron chi connectivity index (χ1n) is 12.7. The number of hydrogen-bond acceptors (Lipinski definition) is 3. The van der Waals surface area contributed by atoms with Crippen molar-refractivity contribution in [3.63, 3.8) is 0 Å². The van der Waals surface area contributed by atoms with Crippen molar-refractivity contribution in [1.82, 2.24) is 0 Å². The lowest BCUT2D eigenvalue weighted by Gasteiger charge is -2.59. The van der Waals surface area contributed by atoms with Gasteiger partial charge in [0, 0.05) is 24.2 Å². The molecular weight excluding hydrogens is 372 g/mol. The maximum atomic E-state index is 12.2. The summed E-state index contributed by atoms with van der Waals surface area (Å²) in [6.45, 7) is 11.3. The van der Waals surface area contributed by atoms with Gasteiger partial charge in [-0.2, -0.15) is 0 Å². The third-order valence-corrected chi connectivity index (χ3v) is 10.4. The first kappa shape index (κ1) is 22.5. The van der Waals surface area contributed by atoms with Gasteiger partial charge in [-0.25, -0.2) is 0 Å². The molecule has 0 amide bonds. The Bertz CT molecular complexity index is 696. The molecule has 4 rings (SSSR count). The summed E-state index contributed by atoms with van der Waals surface area (Å²) in [5.74, 6) is 3.85. The molecule has 0 spiro atoms. The lowest BCUT2D eigenvalue weighted by atomic mass is 9.46. The summed E-state index contributed by atoms with van der Waals surface area (Å²) in [5.41, 5.74) is 1.56. The summed E-state index contributed by atoms with van der Waals surface area (Å²) in [6, 6.07) is 0. The van der Waals surface area contributed by atoms with Crippen LogP contribution in [0.15, 0.2) is 11.6 Å². The maximum absolute atomic E-state index is 12.2. The van der Waals surface area contributed by atoms with Crippen LogP contribution in [-0.2, 0) is 4.79 Å². The van der Waals surface area contributed by atoms with Crippen LogP contribution in [-0.4, -0.2) is 28.2 Å². The highest BCUT2D eigenvalue weighted by Gasteiger charge is 2.60. The molecule has 30 heavy (non-hydrogen) atoms. The molecule has 0 aliphatic heterocycles. The topological polar surface area (TPSA) is 57.5 Å². The summed E-state index contributed by atoms with van der Waals surface area (Å²) in [6.07, 6.45) is 10.9. The van der Waals surface area contributed by atoms with Crippen LogP contribution in [0, 0.1) is 46.3 Å². The molecule has 0 radical (unpaired) electrons. The molecule has 0 aromatic rings. The number of fused-ring (bicyclic) bond motifs is 5. The van der Waals surface area contributed by atoms with Crippen LogP contribution in [0.25, 0.3) is 0 Å². The Morgan fingerprint density at radius 1 is 1.13 bits per heavy atom. The fourth-order valence-electron chi connectivity index (χ4n) is 8.54. The van der Waals surface area contributed by atoms with Crippen LogP contribution < -0.4 is 0 Å². The van der Waals surface area contributed by atoms with Gasteiger partial charge in [0.2, 0.25) is 0 Å². The molecule has 0 unspecified atom stereocenters. The Hall–Kier alpha value is -0.670. The van der Waals surface area contributed by atoms with Crippen molar-refractivity contribution >= 4 is 5.78 Å². The molecule has 3 fully saturated rings. The fraction of sp³-hybridized carbons (Fsp3) is 0.889. The molecule has 170 valence electrons. The van der Waals surface area contributed by atoms with E-state index in [2.05, 4.69) is 26.8 Å². The third kappa shape index (κ3) is 3.43. The van der Waals surface area contributed by atoms with Gasteiger partial charge in [0.1, 0.15) is 5.78 Å². The summed E-state index contributed by atoms with van der Waals surface area (Å²) < 4.78 is 0. The van der Waals surface area contributed by atoms with E-state index in [4.69, 9.17) is 0 Å². The van der Waals surface area contributed by atoms with Gasteiger partial charge in [-0.1, -0.05) is 46.3 Å². The zero-order chi connectivity index (χ0) is 21.8. The van der Waals surface area contributed by atoms with Gasteiger partial charge in [0.15, 0.2) is 0 Å². The van der Waals surface area contributed by atoms with Gasteiger partial charge in [-0.05, 0) is 80.0 Å². The number of aliphatic hydroxyl groups is 2. The molecule has 0 bridgehead atoms. The highest BCUT2D eigenvalue weighted by Crippen LogP contribution is 2.67. The first-order chi connectivity index (χ1) is 14.1. The number of allylic oxidation sites excluding steroid dienone is 1. The van der Waals surface area contributed by atoms with Gasteiger partial charge >= 0.3 is 0 Å². The lowest BCUT2D eigenvalue weighted by Crippen LogP contribution is -2.55. The van der Waals surface area contributed by atoms with Crippen LogP contribution in [0.2, 0.25) is 0 Å². The van der Waals surface area contributed by atoms with Crippen molar-refractivity contribution in [1.29, 1.82) is 0 Å². The monoisotopic (exact) mass is 416 g/mol. The van der Waals surface area contributed by atoms with Crippen LogP contribution in [0.1, 0.15) is 92.4 Å². The quantitative estimate of drug-likeness (QED) is 0.579. The smallest absolute Gasteiger partial charge is 0.135 e. The molecule has 3 nitrogen and oxygen atoms in total. The van der Waals surface area contributed by atoms with Crippen molar-refractivity contribution in [2.24, 2.45) is 46.3 Å². The summed E-state index contributed by atoms with van der Waals surface area (Å²) >= 11 is 0. The highest BCUT2D eigenvalue weighted by molar-refractivity contribution is 5.80. The van der Waals surface area contributed by atoms with E-state index in [1.54, 1.807) is 0 Å². The van der Waals surface area contributed by atoms with Crippen molar-refractivity contribution in [2.45, 2.75) is 105 Å². The second-order valence-corrected chi connectivity index (χ2v) is 12.1. The van der Waals surface area contributed by atoms with E-state index in [-0.39, 0.29) is 17.4 Å². The zero-order valence-electron chi connectivity index (χ0n) is 19.9. The number of aliphatic hydroxyl groups excluding tert-OH is 2. The molecular formula is C27H44O3. The Morgan fingerprint density at radius 2 is 1.87 bits per heavy atom. The van der Waals surface area contributed by atoms with Gasteiger partial charge in [-0.3, -0.25) is 4.79 Å². The number of ketones is 1. The van der Waals surface area contributed by atoms with Crippen LogP contribution in [0.4, 0.5) is 0 Å². The molecule has 0 aromatic carbocycles. The number of Topliss-reactive ketones (excluding diaryl/α,β-unsaturated/α-hetero) is 1. The number of carbonyl (C=O) groups is 1. The lowest BCUT2D eigenvalue weighted by molar-refractivity contribution is -0.122. The molecule has 3 heteroatoms. The Labute approximate surface area is 183 Å². The van der Waals surface area contributed by atoms with E-state index >= 15 is 0 Å². The second-order valence-electron chi connectivity index (χ2n) is 12.1. The molecule has 9 atom stereocenters. The van der Waals surface area contributed by atoms with E-state index in [0.717, 1.165) is 37.5 Å². The van der Waals surface area contributed by atoms with Gasteiger partial charge < -0.3 is 10.2 Å². The van der Waals surface area contributed by atoms with E-state index in [1.807, 2.05) is 13.8 Å². The van der Waals surface area contributed by atoms with Gasteiger partial charge in [-0.15, -0.1) is 0 Å². The standard InChI is InChI=1S/C27H44O3/c1-16(2)24(29)11-6-17(3)21-9-10-22-20-8-7-18-14-19(28)15-25(30)27(18,5)23(20)12-13-26(21,22)4/h7,16-17,19-23,25,28,30H,6,8-15H2,1-5H3/t17-,19-,20+,21-,22+,23+,25+,26-,27+/m1/s1. The largest absolute Gasteiger partial charge is 0.393 e. The van der Waals surface area contributed by atoms with E-state index in [1.165, 1.54) is 31.3 Å². The maximum Gasteiger partial charge on any atom is 0.135 e. The highest BCUT2D eigenvalue weighted by atomic mass is 16.3. The molecule has 4 aliphatic rings. The number of rotatable bonds is 5. The Balaban J connectivity index is 1.52. The minimum absolute atomic E-state index is 0.142. The van der Waals surface area contributed by atoms with Crippen molar-refractivity contribution in [2.75, 3.05) is 0 Å². The van der Waals surface area contributed by atoms with Gasteiger partial charge in [0.25, 0.3) is 0 Å². The van der Waals surface area contributed by atoms with Crippen LogP contribution in [0.3, 0.4) is 0 Å². The van der Waals surface area contributed by atoms with E-state index in [9.17, 15) is 15.0 Å². The van der Waals surface area contributed by atoms with E-state index in [0.29, 0.717) is 35.4 Å². The normalized spacial score (nSPS) is 46.6. The van der Waals surface area contributed by atoms with Crippen LogP contribution in [0.5, 0.6) is 0 Å². The first-order valence-corrected chi connectivity index (χ1v) is 12.7. The summed E-state index contributed by atoms with van der Waals surface area (Å²) in [4.78, 5) is 12.2. The Kier molecular flexibility index (Phi) is 6.03. The van der Waals surface area contributed by atoms with Crippen molar-refractivity contribution < 1.29 is 15.0 Å². The molecule has 0 saturated heterocycles. The SMILES string of the molecule is CC(C)C(=O)CC[C@@H](C)[C@H]1CC[C@H]2[C@@H]3CC=C4C[C@@H](O)C[C@H](O)[C@]4(C)[C@H]3CC[C@]12C. The van der Waals surface area contributed by atoms with Crippen molar-refractivity contribution in [3.05, 3.63) is 11.6 Å². The predicted molar refractivity (Wildman–Crippen MR) is 121 cm³/mol. The summed E-state index contributed by atoms with van der Waals surface area (Å²) in [5, 5.41) is 21.3. The molecule has 0 heterocycles. The minimum atomic E-state index is -0.414. The van der Waals surface area contributed by atoms with Gasteiger partial charge in [0.05, 0.1) is 12.2 Å². The zero-order valence-corrected chi connectivity index (χ0v) is 19.9. The molecule has 3 saturated carbocycles. The fourth-order valence-corrected chi connectivity index (χ4v) is 8.54. The minimum Gasteiger partial charge on any atom is -0.393 e. The Morgan fingerprint density at radius 3 is 2.57 bits per heavy atom. The molecule has 4 aliphatic carbocycles. The van der Waals surface area contributed by atoms with E-state index < -0.39 is 6.10 Å². The second kappa shape index (κ2) is 8.03. The number of hydrogen-bond donors (Lipinski definition) is 2. The predicted octanol–water partition coefficient (Wildman–Crippen LogP) is 5.54. The average molecular weight is 417 g/mol. The number of carbonyl (C=O) groups excluding carboxylic acids is 1. The third-order valence-electron chi connectivity index (χ3n) is 10.4.